The Bertz CT molecular complexity index is 2920. The molecule has 0 bridgehead atoms. The molecule has 0 heterocycles. The molecule has 0 heteroatoms. The molecule has 0 atom stereocenters. The Labute approximate surface area is 291 Å². The molecule has 0 saturated carbocycles. The Morgan fingerprint density at radius 2 is 0.660 bits per heavy atom. The van der Waals surface area contributed by atoms with Crippen LogP contribution in [0.1, 0.15) is 0 Å². The quantitative estimate of drug-likeness (QED) is 0.169. The summed E-state index contributed by atoms with van der Waals surface area (Å²) in [6, 6.07) is 71.5. The molecule has 0 amide bonds. The van der Waals surface area contributed by atoms with E-state index >= 15 is 0 Å². The Balaban J connectivity index is 1.28. The summed E-state index contributed by atoms with van der Waals surface area (Å²) in [6.45, 7) is 0. The first-order valence-electron chi connectivity index (χ1n) is 17.3. The van der Waals surface area contributed by atoms with Crippen LogP contribution in [-0.4, -0.2) is 0 Å². The fourth-order valence-corrected chi connectivity index (χ4v) is 7.99. The van der Waals surface area contributed by atoms with E-state index in [0.717, 1.165) is 0 Å². The third-order valence-corrected chi connectivity index (χ3v) is 10.4. The smallest absolute Gasteiger partial charge is 0.00201 e. The summed E-state index contributed by atoms with van der Waals surface area (Å²) in [5.74, 6) is 0. The van der Waals surface area contributed by atoms with Crippen molar-refractivity contribution in [2.75, 3.05) is 0 Å². The standard InChI is InChI=1S/C50H32/c1-3-14-36-29-39(25-23-33(36)11-1)38-17-9-18-42(31-38)49-45-20-7-8-21-46(45)50(44-22-10-16-35-13-5-6-19-43(35)44)47-28-27-41(32-48(47)49)40-26-24-34-12-2-4-15-37(34)30-40/h1-32H. The molecule has 0 aliphatic heterocycles. The first-order valence-corrected chi connectivity index (χ1v) is 17.3. The van der Waals surface area contributed by atoms with Gasteiger partial charge in [0.15, 0.2) is 0 Å². The molecule has 0 aromatic heterocycles. The fourth-order valence-electron chi connectivity index (χ4n) is 7.99. The van der Waals surface area contributed by atoms with Gasteiger partial charge in [-0.15, -0.1) is 0 Å². The van der Waals surface area contributed by atoms with Crippen LogP contribution >= 0.6 is 0 Å². The molecule has 0 radical (unpaired) electrons. The first-order chi connectivity index (χ1) is 24.8. The lowest BCUT2D eigenvalue weighted by Crippen LogP contribution is -1.93. The van der Waals surface area contributed by atoms with Crippen molar-refractivity contribution in [1.82, 2.24) is 0 Å². The maximum Gasteiger partial charge on any atom is -0.00201 e. The van der Waals surface area contributed by atoms with Crippen molar-refractivity contribution in [1.29, 1.82) is 0 Å². The fraction of sp³-hybridized carbons (Fsp3) is 0. The summed E-state index contributed by atoms with van der Waals surface area (Å²) in [7, 11) is 0. The maximum absolute atomic E-state index is 2.43. The van der Waals surface area contributed by atoms with Crippen LogP contribution in [-0.2, 0) is 0 Å². The van der Waals surface area contributed by atoms with Crippen molar-refractivity contribution in [3.63, 3.8) is 0 Å². The van der Waals surface area contributed by atoms with Gasteiger partial charge in [0, 0.05) is 0 Å². The normalized spacial score (nSPS) is 11.6. The van der Waals surface area contributed by atoms with E-state index in [2.05, 4.69) is 194 Å². The SMILES string of the molecule is c1cc(-c2ccc3ccccc3c2)cc(-c2c3ccccc3c(-c3cccc4ccccc34)c3ccc(-c4ccc5ccccc5c4)cc23)c1. The van der Waals surface area contributed by atoms with Crippen LogP contribution in [0.3, 0.4) is 0 Å². The lowest BCUT2D eigenvalue weighted by Gasteiger charge is -2.20. The highest BCUT2D eigenvalue weighted by molar-refractivity contribution is 6.24. The van der Waals surface area contributed by atoms with E-state index in [0.29, 0.717) is 0 Å². The summed E-state index contributed by atoms with van der Waals surface area (Å²) in [6.07, 6.45) is 0. The molecule has 0 aliphatic rings. The number of fused-ring (bicyclic) bond motifs is 5. The van der Waals surface area contributed by atoms with Crippen molar-refractivity contribution < 1.29 is 0 Å². The van der Waals surface area contributed by atoms with E-state index < -0.39 is 0 Å². The lowest BCUT2D eigenvalue weighted by molar-refractivity contribution is 1.62. The van der Waals surface area contributed by atoms with E-state index in [-0.39, 0.29) is 0 Å². The second-order valence-electron chi connectivity index (χ2n) is 13.3. The number of benzene rings is 10. The van der Waals surface area contributed by atoms with Gasteiger partial charge in [-0.05, 0) is 123 Å². The van der Waals surface area contributed by atoms with Crippen LogP contribution in [0.25, 0.3) is 98.4 Å². The zero-order chi connectivity index (χ0) is 33.0. The molecule has 10 aromatic rings. The third kappa shape index (κ3) is 4.69. The van der Waals surface area contributed by atoms with E-state index in [9.17, 15) is 0 Å². The zero-order valence-corrected chi connectivity index (χ0v) is 27.5. The highest BCUT2D eigenvalue weighted by Gasteiger charge is 2.19. The predicted molar refractivity (Wildman–Crippen MR) is 216 cm³/mol. The minimum Gasteiger partial charge on any atom is -0.0616 e. The summed E-state index contributed by atoms with van der Waals surface area (Å²) in [4.78, 5) is 0. The Morgan fingerprint density at radius 1 is 0.200 bits per heavy atom. The molecule has 0 nitrogen and oxygen atoms in total. The molecule has 0 unspecified atom stereocenters. The molecular formula is C50H32. The van der Waals surface area contributed by atoms with Gasteiger partial charge >= 0.3 is 0 Å². The molecule has 0 aliphatic carbocycles. The zero-order valence-electron chi connectivity index (χ0n) is 27.5. The van der Waals surface area contributed by atoms with Gasteiger partial charge in [-0.25, -0.2) is 0 Å². The summed E-state index contributed by atoms with van der Waals surface area (Å²) < 4.78 is 0. The number of hydrogen-bond donors (Lipinski definition) is 0. The van der Waals surface area contributed by atoms with Crippen molar-refractivity contribution in [3.05, 3.63) is 194 Å². The molecule has 10 rings (SSSR count). The van der Waals surface area contributed by atoms with E-state index in [1.54, 1.807) is 0 Å². The van der Waals surface area contributed by atoms with Crippen molar-refractivity contribution in [2.24, 2.45) is 0 Å². The van der Waals surface area contributed by atoms with E-state index in [4.69, 9.17) is 0 Å². The van der Waals surface area contributed by atoms with Crippen molar-refractivity contribution in [2.45, 2.75) is 0 Å². The molecule has 0 spiro atoms. The van der Waals surface area contributed by atoms with Crippen LogP contribution in [0.4, 0.5) is 0 Å². The van der Waals surface area contributed by atoms with Crippen molar-refractivity contribution >= 4 is 53.9 Å². The molecule has 232 valence electrons. The minimum absolute atomic E-state index is 1.22. The van der Waals surface area contributed by atoms with Gasteiger partial charge in [-0.2, -0.15) is 0 Å². The molecular weight excluding hydrogens is 601 g/mol. The van der Waals surface area contributed by atoms with Crippen LogP contribution < -0.4 is 0 Å². The molecule has 50 heavy (non-hydrogen) atoms. The van der Waals surface area contributed by atoms with E-state index in [1.807, 2.05) is 0 Å². The molecule has 0 saturated heterocycles. The van der Waals surface area contributed by atoms with Gasteiger partial charge in [-0.3, -0.25) is 0 Å². The van der Waals surface area contributed by atoms with Crippen LogP contribution in [0.5, 0.6) is 0 Å². The Hall–Kier alpha value is -6.50. The van der Waals surface area contributed by atoms with Gasteiger partial charge in [-0.1, -0.05) is 170 Å². The minimum atomic E-state index is 1.22. The van der Waals surface area contributed by atoms with Gasteiger partial charge in [0.2, 0.25) is 0 Å². The van der Waals surface area contributed by atoms with E-state index in [1.165, 1.54) is 98.4 Å². The highest BCUT2D eigenvalue weighted by Crippen LogP contribution is 2.47. The average Bonchev–Trinajstić information content (AvgIpc) is 3.19. The Morgan fingerprint density at radius 3 is 1.36 bits per heavy atom. The second kappa shape index (κ2) is 11.6. The number of hydrogen-bond acceptors (Lipinski definition) is 0. The molecule has 0 fully saturated rings. The summed E-state index contributed by atoms with van der Waals surface area (Å²) in [5, 5.41) is 12.6. The highest BCUT2D eigenvalue weighted by atomic mass is 14.2. The van der Waals surface area contributed by atoms with Crippen molar-refractivity contribution in [3.8, 4) is 44.5 Å². The monoisotopic (exact) mass is 632 g/mol. The van der Waals surface area contributed by atoms with Gasteiger partial charge in [0.05, 0.1) is 0 Å². The molecule has 0 N–H and O–H groups in total. The Kier molecular flexibility index (Phi) is 6.60. The summed E-state index contributed by atoms with van der Waals surface area (Å²) >= 11 is 0. The van der Waals surface area contributed by atoms with Gasteiger partial charge in [0.1, 0.15) is 0 Å². The van der Waals surface area contributed by atoms with Crippen LogP contribution in [0, 0.1) is 0 Å². The largest absolute Gasteiger partial charge is 0.0616 e. The topological polar surface area (TPSA) is 0 Å². The van der Waals surface area contributed by atoms with Crippen LogP contribution in [0.15, 0.2) is 194 Å². The third-order valence-electron chi connectivity index (χ3n) is 10.4. The van der Waals surface area contributed by atoms with Crippen LogP contribution in [0.2, 0.25) is 0 Å². The maximum atomic E-state index is 2.43. The summed E-state index contributed by atoms with van der Waals surface area (Å²) in [5.41, 5.74) is 9.92. The first kappa shape index (κ1) is 28.5. The van der Waals surface area contributed by atoms with Gasteiger partial charge in [0.25, 0.3) is 0 Å². The molecule has 10 aromatic carbocycles. The predicted octanol–water partition coefficient (Wildman–Crippen LogP) is 14.1. The van der Waals surface area contributed by atoms with Gasteiger partial charge < -0.3 is 0 Å². The second-order valence-corrected chi connectivity index (χ2v) is 13.3. The average molecular weight is 633 g/mol. The number of rotatable bonds is 4. The lowest BCUT2D eigenvalue weighted by atomic mass is 9.83.